The van der Waals surface area contributed by atoms with Crippen molar-refractivity contribution >= 4 is 16.9 Å². The number of hydrogen-bond donors (Lipinski definition) is 4. The molecule has 0 spiro atoms. The molecule has 5 atom stereocenters. The van der Waals surface area contributed by atoms with Crippen molar-refractivity contribution in [2.45, 2.75) is 37.6 Å². The smallest absolute Gasteiger partial charge is 0.164 e. The first-order chi connectivity index (χ1) is 12.5. The van der Waals surface area contributed by atoms with Crippen LogP contribution in [0.2, 0.25) is 0 Å². The zero-order valence-electron chi connectivity index (χ0n) is 14.1. The van der Waals surface area contributed by atoms with Crippen molar-refractivity contribution in [1.82, 2.24) is 14.5 Å². The lowest BCUT2D eigenvalue weighted by Crippen LogP contribution is -2.34. The Morgan fingerprint density at radius 2 is 1.85 bits per heavy atom. The number of anilines is 1. The normalized spacial score (nSPS) is 27.1. The van der Waals surface area contributed by atoms with E-state index in [1.165, 1.54) is 6.33 Å². The van der Waals surface area contributed by atoms with Gasteiger partial charge in [-0.15, -0.1) is 0 Å². The molecule has 1 saturated heterocycles. The van der Waals surface area contributed by atoms with E-state index in [1.807, 2.05) is 19.1 Å². The Bertz CT molecular complexity index is 927. The van der Waals surface area contributed by atoms with Gasteiger partial charge in [-0.05, 0) is 18.6 Å². The highest BCUT2D eigenvalue weighted by Gasteiger charge is 2.47. The quantitative estimate of drug-likeness (QED) is 0.543. The maximum atomic E-state index is 10.6. The van der Waals surface area contributed by atoms with E-state index >= 15 is 0 Å². The zero-order chi connectivity index (χ0) is 18.4. The minimum absolute atomic E-state index is 0.318. The van der Waals surface area contributed by atoms with E-state index in [0.29, 0.717) is 22.4 Å². The van der Waals surface area contributed by atoms with Crippen LogP contribution in [-0.2, 0) is 4.74 Å². The minimum Gasteiger partial charge on any atom is -0.387 e. The van der Waals surface area contributed by atoms with Gasteiger partial charge in [-0.25, -0.2) is 9.97 Å². The Morgan fingerprint density at radius 3 is 2.58 bits per heavy atom. The average molecular weight is 356 g/mol. The maximum absolute atomic E-state index is 10.6. The van der Waals surface area contributed by atoms with Gasteiger partial charge >= 0.3 is 0 Å². The highest BCUT2D eigenvalue weighted by Crippen LogP contribution is 2.37. The van der Waals surface area contributed by atoms with Crippen LogP contribution in [0.4, 0.5) is 5.82 Å². The van der Waals surface area contributed by atoms with Crippen LogP contribution in [0.25, 0.3) is 11.0 Å². The number of hydrogen-bond acceptors (Lipinski definition) is 7. The van der Waals surface area contributed by atoms with Crippen LogP contribution in [0, 0.1) is 6.92 Å². The molecule has 0 saturated carbocycles. The highest BCUT2D eigenvalue weighted by molar-refractivity contribution is 5.86. The fourth-order valence-electron chi connectivity index (χ4n) is 3.33. The van der Waals surface area contributed by atoms with Crippen LogP contribution in [0.3, 0.4) is 0 Å². The highest BCUT2D eigenvalue weighted by atomic mass is 16.6. The first kappa shape index (κ1) is 16.9. The average Bonchev–Trinajstić information content (AvgIpc) is 3.18. The SMILES string of the molecule is Cc1ccc(C(O)C2O[C@@H](n3ccc4c(N)ncnc43)[C@H](O)[C@@H]2O)cc1. The van der Waals surface area contributed by atoms with Crippen LogP contribution < -0.4 is 5.73 Å². The molecular formula is C18H20N4O4. The predicted molar refractivity (Wildman–Crippen MR) is 94.0 cm³/mol. The maximum Gasteiger partial charge on any atom is 0.164 e. The van der Waals surface area contributed by atoms with Crippen molar-refractivity contribution in [2.75, 3.05) is 5.73 Å². The van der Waals surface area contributed by atoms with Crippen molar-refractivity contribution in [3.63, 3.8) is 0 Å². The number of ether oxygens (including phenoxy) is 1. The van der Waals surface area contributed by atoms with Gasteiger partial charge in [-0.1, -0.05) is 29.8 Å². The number of rotatable bonds is 3. The van der Waals surface area contributed by atoms with Gasteiger partial charge in [0.2, 0.25) is 0 Å². The Morgan fingerprint density at radius 1 is 1.12 bits per heavy atom. The van der Waals surface area contributed by atoms with E-state index < -0.39 is 30.6 Å². The van der Waals surface area contributed by atoms with Crippen LogP contribution in [0.1, 0.15) is 23.5 Å². The monoisotopic (exact) mass is 356 g/mol. The van der Waals surface area contributed by atoms with Crippen molar-refractivity contribution < 1.29 is 20.1 Å². The molecule has 0 radical (unpaired) electrons. The summed E-state index contributed by atoms with van der Waals surface area (Å²) < 4.78 is 7.42. The Hall–Kier alpha value is -2.52. The summed E-state index contributed by atoms with van der Waals surface area (Å²) in [6.45, 7) is 1.95. The number of nitrogens with two attached hydrogens (primary N) is 1. The number of nitrogen functional groups attached to an aromatic ring is 1. The Kier molecular flexibility index (Phi) is 4.12. The zero-order valence-corrected chi connectivity index (χ0v) is 14.1. The third-order valence-corrected chi connectivity index (χ3v) is 4.82. The molecule has 0 aliphatic carbocycles. The third-order valence-electron chi connectivity index (χ3n) is 4.82. The number of aliphatic hydroxyl groups excluding tert-OH is 3. The summed E-state index contributed by atoms with van der Waals surface area (Å²) in [5.74, 6) is 0.318. The number of nitrogens with zero attached hydrogens (tertiary/aromatic N) is 3. The second kappa shape index (κ2) is 6.33. The number of aromatic nitrogens is 3. The third kappa shape index (κ3) is 2.63. The van der Waals surface area contributed by atoms with E-state index in [2.05, 4.69) is 9.97 Å². The van der Waals surface area contributed by atoms with Crippen molar-refractivity contribution in [1.29, 1.82) is 0 Å². The van der Waals surface area contributed by atoms with Gasteiger partial charge in [-0.3, -0.25) is 0 Å². The number of benzene rings is 1. The molecule has 136 valence electrons. The lowest BCUT2D eigenvalue weighted by molar-refractivity contribution is -0.0848. The minimum atomic E-state index is -1.26. The molecule has 0 amide bonds. The van der Waals surface area contributed by atoms with Crippen molar-refractivity contribution in [3.8, 4) is 0 Å². The predicted octanol–water partition coefficient (Wildman–Crippen LogP) is 0.675. The first-order valence-electron chi connectivity index (χ1n) is 8.30. The van der Waals surface area contributed by atoms with Gasteiger partial charge in [0.25, 0.3) is 0 Å². The Balaban J connectivity index is 1.65. The second-order valence-corrected chi connectivity index (χ2v) is 6.55. The molecule has 4 rings (SSSR count). The molecule has 1 aliphatic heterocycles. The topological polar surface area (TPSA) is 127 Å². The van der Waals surface area contributed by atoms with Crippen LogP contribution in [0.15, 0.2) is 42.9 Å². The van der Waals surface area contributed by atoms with Gasteiger partial charge < -0.3 is 30.4 Å². The lowest BCUT2D eigenvalue weighted by Gasteiger charge is -2.21. The van der Waals surface area contributed by atoms with Gasteiger partial charge in [0.1, 0.15) is 42.2 Å². The Labute approximate surface area is 149 Å². The number of aryl methyl sites for hydroxylation is 1. The van der Waals surface area contributed by atoms with Gasteiger partial charge in [0, 0.05) is 6.20 Å². The first-order valence-corrected chi connectivity index (χ1v) is 8.30. The molecule has 1 aliphatic rings. The summed E-state index contributed by atoms with van der Waals surface area (Å²) in [6.07, 6.45) is -2.45. The molecular weight excluding hydrogens is 336 g/mol. The summed E-state index contributed by atoms with van der Waals surface area (Å²) in [5, 5.41) is 32.2. The van der Waals surface area contributed by atoms with E-state index in [1.54, 1.807) is 29.0 Å². The fraction of sp³-hybridized carbons (Fsp3) is 0.333. The van der Waals surface area contributed by atoms with Gasteiger partial charge in [0.15, 0.2) is 6.23 Å². The summed E-state index contributed by atoms with van der Waals surface area (Å²) in [6, 6.07) is 9.00. The van der Waals surface area contributed by atoms with Crippen molar-refractivity contribution in [3.05, 3.63) is 54.0 Å². The van der Waals surface area contributed by atoms with Crippen LogP contribution in [0.5, 0.6) is 0 Å². The molecule has 26 heavy (non-hydrogen) atoms. The molecule has 3 heterocycles. The molecule has 3 aromatic rings. The van der Waals surface area contributed by atoms with E-state index in [-0.39, 0.29) is 0 Å². The molecule has 8 nitrogen and oxygen atoms in total. The standard InChI is InChI=1S/C18H20N4O4/c1-9-2-4-10(5-3-9)12(23)15-13(24)14(25)18(26-15)22-7-6-11-16(19)20-8-21-17(11)22/h2-8,12-15,18,23-25H,1H3,(H2,19,20,21)/t12?,13-,14+,15?,18+/m0/s1. The number of fused-ring (bicyclic) bond motifs is 1. The van der Waals surface area contributed by atoms with Crippen molar-refractivity contribution in [2.24, 2.45) is 0 Å². The van der Waals surface area contributed by atoms with Gasteiger partial charge in [0.05, 0.1) is 5.39 Å². The number of aliphatic hydroxyl groups is 3. The molecule has 2 unspecified atom stereocenters. The molecule has 8 heteroatoms. The molecule has 0 bridgehead atoms. The molecule has 5 N–H and O–H groups in total. The summed E-state index contributed by atoms with van der Waals surface area (Å²) >= 11 is 0. The van der Waals surface area contributed by atoms with Crippen LogP contribution >= 0.6 is 0 Å². The summed E-state index contributed by atoms with van der Waals surface area (Å²) in [4.78, 5) is 8.11. The van der Waals surface area contributed by atoms with E-state index in [9.17, 15) is 15.3 Å². The van der Waals surface area contributed by atoms with E-state index in [0.717, 1.165) is 5.56 Å². The second-order valence-electron chi connectivity index (χ2n) is 6.55. The fourth-order valence-corrected chi connectivity index (χ4v) is 3.33. The van der Waals surface area contributed by atoms with Gasteiger partial charge in [-0.2, -0.15) is 0 Å². The lowest BCUT2D eigenvalue weighted by atomic mass is 9.98. The van der Waals surface area contributed by atoms with E-state index in [4.69, 9.17) is 10.5 Å². The molecule has 1 fully saturated rings. The molecule has 2 aromatic heterocycles. The largest absolute Gasteiger partial charge is 0.387 e. The summed E-state index contributed by atoms with van der Waals surface area (Å²) in [7, 11) is 0. The molecule has 1 aromatic carbocycles. The van der Waals surface area contributed by atoms with Crippen LogP contribution in [-0.4, -0.2) is 48.2 Å². The summed E-state index contributed by atoms with van der Waals surface area (Å²) in [5.41, 5.74) is 7.99.